The Kier molecular flexibility index (Phi) is 4.91. The molecule has 2 aromatic carbocycles. The summed E-state index contributed by atoms with van der Waals surface area (Å²) in [6, 6.07) is 12.5. The van der Waals surface area contributed by atoms with Crippen molar-refractivity contribution in [3.05, 3.63) is 64.2 Å². The van der Waals surface area contributed by atoms with E-state index >= 15 is 0 Å². The van der Waals surface area contributed by atoms with Gasteiger partial charge < -0.3 is 10.4 Å². The molecule has 1 atom stereocenters. The molecule has 0 saturated carbocycles. The SMILES string of the molecule is CC(O)(CNc1ccc([N+](=O)[O-])cc1S(C)(=O)=O)c1ccccc1. The van der Waals surface area contributed by atoms with Crippen LogP contribution in [0.5, 0.6) is 0 Å². The van der Waals surface area contributed by atoms with Gasteiger partial charge in [0.1, 0.15) is 5.60 Å². The largest absolute Gasteiger partial charge is 0.384 e. The first-order chi connectivity index (χ1) is 11.1. The minimum absolute atomic E-state index is 0.0390. The Labute approximate surface area is 140 Å². The van der Waals surface area contributed by atoms with Crippen LogP contribution in [0.1, 0.15) is 12.5 Å². The zero-order valence-corrected chi connectivity index (χ0v) is 14.1. The third kappa shape index (κ3) is 4.09. The van der Waals surface area contributed by atoms with Gasteiger partial charge in [-0.05, 0) is 18.6 Å². The Balaban J connectivity index is 2.31. The second kappa shape index (κ2) is 6.58. The van der Waals surface area contributed by atoms with E-state index in [4.69, 9.17) is 0 Å². The number of nitro groups is 1. The average Bonchev–Trinajstić information content (AvgIpc) is 2.52. The molecule has 0 amide bonds. The molecule has 0 aliphatic carbocycles. The highest BCUT2D eigenvalue weighted by molar-refractivity contribution is 7.90. The average molecular weight is 350 g/mol. The molecular formula is C16H18N2O5S. The number of nitrogens with one attached hydrogen (secondary N) is 1. The van der Waals surface area contributed by atoms with Crippen LogP contribution in [0.3, 0.4) is 0 Å². The van der Waals surface area contributed by atoms with E-state index < -0.39 is 20.4 Å². The van der Waals surface area contributed by atoms with Crippen molar-refractivity contribution in [3.8, 4) is 0 Å². The molecule has 2 aromatic rings. The number of anilines is 1. The maximum absolute atomic E-state index is 11.9. The molecule has 128 valence electrons. The van der Waals surface area contributed by atoms with E-state index in [1.807, 2.05) is 6.07 Å². The summed E-state index contributed by atoms with van der Waals surface area (Å²) in [5, 5.41) is 24.3. The summed E-state index contributed by atoms with van der Waals surface area (Å²) in [4.78, 5) is 10.0. The monoisotopic (exact) mass is 350 g/mol. The normalized spacial score (nSPS) is 14.0. The fourth-order valence-corrected chi connectivity index (χ4v) is 3.12. The van der Waals surface area contributed by atoms with Gasteiger partial charge >= 0.3 is 0 Å². The molecule has 24 heavy (non-hydrogen) atoms. The van der Waals surface area contributed by atoms with E-state index in [2.05, 4.69) is 5.32 Å². The van der Waals surface area contributed by atoms with Gasteiger partial charge in [-0.3, -0.25) is 10.1 Å². The van der Waals surface area contributed by atoms with Gasteiger partial charge in [-0.2, -0.15) is 0 Å². The van der Waals surface area contributed by atoms with Crippen molar-refractivity contribution in [2.75, 3.05) is 18.1 Å². The molecule has 7 nitrogen and oxygen atoms in total. The fourth-order valence-electron chi connectivity index (χ4n) is 2.24. The second-order valence-electron chi connectivity index (χ2n) is 5.70. The van der Waals surface area contributed by atoms with E-state index in [0.29, 0.717) is 5.56 Å². The predicted octanol–water partition coefficient (Wildman–Crippen LogP) is 2.32. The number of hydrogen-bond acceptors (Lipinski definition) is 6. The lowest BCUT2D eigenvalue weighted by Gasteiger charge is -2.25. The molecule has 0 heterocycles. The lowest BCUT2D eigenvalue weighted by atomic mass is 9.96. The van der Waals surface area contributed by atoms with Crippen molar-refractivity contribution in [3.63, 3.8) is 0 Å². The summed E-state index contributed by atoms with van der Waals surface area (Å²) >= 11 is 0. The fraction of sp³-hybridized carbons (Fsp3) is 0.250. The summed E-state index contributed by atoms with van der Waals surface area (Å²) in [6.45, 7) is 1.64. The third-order valence-corrected chi connectivity index (χ3v) is 4.73. The van der Waals surface area contributed by atoms with Crippen LogP contribution >= 0.6 is 0 Å². The predicted molar refractivity (Wildman–Crippen MR) is 90.7 cm³/mol. The van der Waals surface area contributed by atoms with Crippen LogP contribution in [-0.2, 0) is 15.4 Å². The number of benzene rings is 2. The van der Waals surface area contributed by atoms with Gasteiger partial charge in [-0.15, -0.1) is 0 Å². The van der Waals surface area contributed by atoms with Crippen LogP contribution in [0.15, 0.2) is 53.4 Å². The molecule has 0 radical (unpaired) electrons. The number of non-ortho nitro benzene ring substituents is 1. The standard InChI is InChI=1S/C16H18N2O5S/c1-16(19,12-6-4-3-5-7-12)11-17-14-9-8-13(18(20)21)10-15(14)24(2,22)23/h3-10,17,19H,11H2,1-2H3. The Morgan fingerprint density at radius 2 is 1.83 bits per heavy atom. The zero-order chi connectivity index (χ0) is 18.0. The van der Waals surface area contributed by atoms with Crippen molar-refractivity contribution in [1.29, 1.82) is 0 Å². The molecule has 0 fully saturated rings. The minimum atomic E-state index is -3.67. The maximum Gasteiger partial charge on any atom is 0.270 e. The molecule has 0 aliphatic heterocycles. The van der Waals surface area contributed by atoms with Crippen molar-refractivity contribution in [2.24, 2.45) is 0 Å². The summed E-state index contributed by atoms with van der Waals surface area (Å²) in [5.41, 5.74) is -0.673. The van der Waals surface area contributed by atoms with Gasteiger partial charge in [-0.25, -0.2) is 8.42 Å². The van der Waals surface area contributed by atoms with Crippen molar-refractivity contribution in [2.45, 2.75) is 17.4 Å². The number of nitrogens with zero attached hydrogens (tertiary/aromatic N) is 1. The molecular weight excluding hydrogens is 332 g/mol. The number of sulfone groups is 1. The van der Waals surface area contributed by atoms with E-state index in [0.717, 1.165) is 12.3 Å². The summed E-state index contributed by atoms with van der Waals surface area (Å²) < 4.78 is 23.8. The van der Waals surface area contributed by atoms with E-state index in [-0.39, 0.29) is 22.8 Å². The number of aliphatic hydroxyl groups is 1. The number of rotatable bonds is 6. The van der Waals surface area contributed by atoms with Gasteiger partial charge in [0.15, 0.2) is 9.84 Å². The quantitative estimate of drug-likeness (QED) is 0.611. The lowest BCUT2D eigenvalue weighted by Crippen LogP contribution is -2.31. The van der Waals surface area contributed by atoms with Crippen LogP contribution < -0.4 is 5.32 Å². The highest BCUT2D eigenvalue weighted by atomic mass is 32.2. The smallest absolute Gasteiger partial charge is 0.270 e. The number of nitro benzene ring substituents is 1. The van der Waals surface area contributed by atoms with Crippen LogP contribution in [0.25, 0.3) is 0 Å². The van der Waals surface area contributed by atoms with Crippen molar-refractivity contribution >= 4 is 21.2 Å². The molecule has 0 bridgehead atoms. The Bertz CT molecular complexity index is 848. The first-order valence-electron chi connectivity index (χ1n) is 7.11. The lowest BCUT2D eigenvalue weighted by molar-refractivity contribution is -0.385. The minimum Gasteiger partial charge on any atom is -0.384 e. The van der Waals surface area contributed by atoms with Crippen molar-refractivity contribution < 1.29 is 18.4 Å². The Morgan fingerprint density at radius 1 is 1.21 bits per heavy atom. The van der Waals surface area contributed by atoms with Crippen LogP contribution in [-0.4, -0.2) is 31.2 Å². The molecule has 2 rings (SSSR count). The second-order valence-corrected chi connectivity index (χ2v) is 7.69. The topological polar surface area (TPSA) is 110 Å². The van der Waals surface area contributed by atoms with Crippen LogP contribution in [0.2, 0.25) is 0 Å². The maximum atomic E-state index is 11.9. The molecule has 8 heteroatoms. The molecule has 0 aliphatic rings. The first-order valence-corrected chi connectivity index (χ1v) is 9.01. The van der Waals surface area contributed by atoms with E-state index in [1.54, 1.807) is 31.2 Å². The summed E-state index contributed by atoms with van der Waals surface area (Å²) in [6.07, 6.45) is 0.979. The van der Waals surface area contributed by atoms with Gasteiger partial charge in [0.2, 0.25) is 0 Å². The molecule has 0 aromatic heterocycles. The van der Waals surface area contributed by atoms with Gasteiger partial charge in [0.05, 0.1) is 15.5 Å². The van der Waals surface area contributed by atoms with E-state index in [9.17, 15) is 23.6 Å². The van der Waals surface area contributed by atoms with Crippen LogP contribution in [0, 0.1) is 10.1 Å². The molecule has 0 saturated heterocycles. The van der Waals surface area contributed by atoms with Crippen molar-refractivity contribution in [1.82, 2.24) is 0 Å². The highest BCUT2D eigenvalue weighted by Crippen LogP contribution is 2.28. The van der Waals surface area contributed by atoms with Gasteiger partial charge in [0, 0.05) is 24.9 Å². The Hall–Kier alpha value is -2.45. The summed E-state index contributed by atoms with van der Waals surface area (Å²) in [5.74, 6) is 0. The zero-order valence-electron chi connectivity index (χ0n) is 13.3. The van der Waals surface area contributed by atoms with Crippen LogP contribution in [0.4, 0.5) is 11.4 Å². The first kappa shape index (κ1) is 17.9. The molecule has 1 unspecified atom stereocenters. The van der Waals surface area contributed by atoms with E-state index in [1.165, 1.54) is 12.1 Å². The van der Waals surface area contributed by atoms with Gasteiger partial charge in [-0.1, -0.05) is 30.3 Å². The highest BCUT2D eigenvalue weighted by Gasteiger charge is 2.24. The number of hydrogen-bond donors (Lipinski definition) is 2. The molecule has 0 spiro atoms. The van der Waals surface area contributed by atoms with Gasteiger partial charge in [0.25, 0.3) is 5.69 Å². The molecule has 2 N–H and O–H groups in total. The summed E-state index contributed by atoms with van der Waals surface area (Å²) in [7, 11) is -3.67. The Morgan fingerprint density at radius 3 is 2.38 bits per heavy atom. The third-order valence-electron chi connectivity index (χ3n) is 3.59.